The Hall–Kier alpha value is -0.330. The molecule has 0 saturated heterocycles. The Morgan fingerprint density at radius 2 is 1.91 bits per heavy atom. The fourth-order valence-corrected chi connectivity index (χ4v) is 1.24. The van der Waals surface area contributed by atoms with Gasteiger partial charge in [0.1, 0.15) is 0 Å². The zero-order chi connectivity index (χ0) is 8.69. The van der Waals surface area contributed by atoms with E-state index in [2.05, 4.69) is 25.8 Å². The highest BCUT2D eigenvalue weighted by Gasteiger charge is 2.08. The minimum atomic E-state index is 0.790. The summed E-state index contributed by atoms with van der Waals surface area (Å²) in [6, 6.07) is 0. The van der Waals surface area contributed by atoms with Crippen molar-refractivity contribution >= 4 is 6.21 Å². The first kappa shape index (κ1) is 10.7. The largest absolute Gasteiger partial charge is 0.301 e. The zero-order valence-electron chi connectivity index (χ0n) is 8.30. The van der Waals surface area contributed by atoms with Crippen LogP contribution in [0.5, 0.6) is 0 Å². The third-order valence-corrected chi connectivity index (χ3v) is 2.38. The van der Waals surface area contributed by atoms with Crippen molar-refractivity contribution in [3.05, 3.63) is 0 Å². The van der Waals surface area contributed by atoms with Crippen molar-refractivity contribution in [3.63, 3.8) is 0 Å². The summed E-state index contributed by atoms with van der Waals surface area (Å²) < 4.78 is 0. The van der Waals surface area contributed by atoms with E-state index in [9.17, 15) is 0 Å². The molecule has 2 unspecified atom stereocenters. The molecule has 0 radical (unpaired) electrons. The molecule has 0 aromatic heterocycles. The summed E-state index contributed by atoms with van der Waals surface area (Å²) in [5, 5.41) is 0. The molecule has 0 aromatic carbocycles. The van der Waals surface area contributed by atoms with E-state index in [1.54, 1.807) is 0 Å². The second-order valence-corrected chi connectivity index (χ2v) is 3.42. The fourth-order valence-electron chi connectivity index (χ4n) is 1.24. The maximum atomic E-state index is 3.99. The lowest BCUT2D eigenvalue weighted by Crippen LogP contribution is -2.07. The zero-order valence-corrected chi connectivity index (χ0v) is 8.30. The molecule has 0 aliphatic carbocycles. The molecular weight excluding hydrogens is 134 g/mol. The maximum absolute atomic E-state index is 3.99. The molecule has 0 fully saturated rings. The van der Waals surface area contributed by atoms with Gasteiger partial charge in [-0.3, -0.25) is 0 Å². The van der Waals surface area contributed by atoms with E-state index in [-0.39, 0.29) is 0 Å². The van der Waals surface area contributed by atoms with Gasteiger partial charge in [-0.25, -0.2) is 0 Å². The van der Waals surface area contributed by atoms with E-state index >= 15 is 0 Å². The van der Waals surface area contributed by atoms with E-state index in [0.717, 1.165) is 18.3 Å². The van der Waals surface area contributed by atoms with Crippen LogP contribution in [0.3, 0.4) is 0 Å². The smallest absolute Gasteiger partial charge is 0.0273 e. The number of hydrogen-bond donors (Lipinski definition) is 0. The number of nitrogens with zero attached hydrogens (tertiary/aromatic N) is 1. The molecule has 0 amide bonds. The third kappa shape index (κ3) is 5.00. The first-order valence-electron chi connectivity index (χ1n) is 4.63. The lowest BCUT2D eigenvalue weighted by molar-refractivity contribution is 0.373. The van der Waals surface area contributed by atoms with Crippen LogP contribution in [0.15, 0.2) is 4.99 Å². The normalized spacial score (nSPS) is 17.1. The van der Waals surface area contributed by atoms with Crippen LogP contribution in [0.2, 0.25) is 0 Å². The molecule has 0 rings (SSSR count). The molecule has 0 N–H and O–H groups in total. The molecule has 0 aromatic rings. The molecule has 0 aliphatic heterocycles. The van der Waals surface area contributed by atoms with Crippen molar-refractivity contribution in [2.45, 2.75) is 40.0 Å². The first-order chi connectivity index (χ1) is 5.22. The Labute approximate surface area is 70.9 Å². The van der Waals surface area contributed by atoms with Crippen LogP contribution in [0, 0.1) is 11.8 Å². The highest BCUT2D eigenvalue weighted by Crippen LogP contribution is 2.18. The van der Waals surface area contributed by atoms with E-state index in [0.29, 0.717) is 0 Å². The van der Waals surface area contributed by atoms with Gasteiger partial charge in [0.25, 0.3) is 0 Å². The van der Waals surface area contributed by atoms with E-state index in [1.807, 2.05) is 13.3 Å². The number of rotatable bonds is 5. The topological polar surface area (TPSA) is 12.4 Å². The van der Waals surface area contributed by atoms with Gasteiger partial charge in [-0.15, -0.1) is 0 Å². The summed E-state index contributed by atoms with van der Waals surface area (Å²) in [6.45, 7) is 6.89. The van der Waals surface area contributed by atoms with Gasteiger partial charge in [0.2, 0.25) is 0 Å². The van der Waals surface area contributed by atoms with Gasteiger partial charge < -0.3 is 4.99 Å². The second-order valence-electron chi connectivity index (χ2n) is 3.42. The Bertz CT molecular complexity index is 107. The average Bonchev–Trinajstić information content (AvgIpc) is 2.00. The SMILES string of the molecule is CCCC(C)C(C)CC=NC. The lowest BCUT2D eigenvalue weighted by Gasteiger charge is -2.16. The Morgan fingerprint density at radius 1 is 1.27 bits per heavy atom. The van der Waals surface area contributed by atoms with Crippen molar-refractivity contribution in [1.82, 2.24) is 0 Å². The standard InChI is InChI=1S/C10H21N/c1-5-6-9(2)10(3)7-8-11-4/h8-10H,5-7H2,1-4H3. The molecule has 66 valence electrons. The fraction of sp³-hybridized carbons (Fsp3) is 0.900. The second kappa shape index (κ2) is 6.38. The lowest BCUT2D eigenvalue weighted by atomic mass is 9.90. The van der Waals surface area contributed by atoms with Crippen molar-refractivity contribution < 1.29 is 0 Å². The molecule has 0 spiro atoms. The number of hydrogen-bond acceptors (Lipinski definition) is 1. The van der Waals surface area contributed by atoms with Gasteiger partial charge >= 0.3 is 0 Å². The first-order valence-corrected chi connectivity index (χ1v) is 4.63. The van der Waals surface area contributed by atoms with Gasteiger partial charge in [-0.2, -0.15) is 0 Å². The summed E-state index contributed by atoms with van der Waals surface area (Å²) in [4.78, 5) is 3.99. The summed E-state index contributed by atoms with van der Waals surface area (Å²) in [5.74, 6) is 1.64. The number of aliphatic imine (C=N–C) groups is 1. The van der Waals surface area contributed by atoms with Gasteiger partial charge in [0.05, 0.1) is 0 Å². The van der Waals surface area contributed by atoms with E-state index in [1.165, 1.54) is 12.8 Å². The summed E-state index contributed by atoms with van der Waals surface area (Å²) in [5.41, 5.74) is 0. The molecule has 2 atom stereocenters. The molecule has 0 heterocycles. The summed E-state index contributed by atoms with van der Waals surface area (Å²) in [6.07, 6.45) is 5.81. The summed E-state index contributed by atoms with van der Waals surface area (Å²) >= 11 is 0. The van der Waals surface area contributed by atoms with Crippen LogP contribution < -0.4 is 0 Å². The monoisotopic (exact) mass is 155 g/mol. The predicted octanol–water partition coefficient (Wildman–Crippen LogP) is 3.15. The Balaban J connectivity index is 3.54. The molecule has 0 saturated carbocycles. The van der Waals surface area contributed by atoms with Crippen LogP contribution in [0.1, 0.15) is 40.0 Å². The van der Waals surface area contributed by atoms with Crippen LogP contribution >= 0.6 is 0 Å². The van der Waals surface area contributed by atoms with Crippen LogP contribution in [-0.4, -0.2) is 13.3 Å². The van der Waals surface area contributed by atoms with Crippen molar-refractivity contribution in [3.8, 4) is 0 Å². The van der Waals surface area contributed by atoms with Gasteiger partial charge in [0, 0.05) is 7.05 Å². The van der Waals surface area contributed by atoms with Crippen molar-refractivity contribution in [2.75, 3.05) is 7.05 Å². The molecule has 1 heteroatoms. The van der Waals surface area contributed by atoms with Crippen LogP contribution in [-0.2, 0) is 0 Å². The van der Waals surface area contributed by atoms with Crippen molar-refractivity contribution in [1.29, 1.82) is 0 Å². The molecular formula is C10H21N. The highest BCUT2D eigenvalue weighted by molar-refractivity contribution is 5.57. The average molecular weight is 155 g/mol. The maximum Gasteiger partial charge on any atom is 0.0273 e. The quantitative estimate of drug-likeness (QED) is 0.541. The molecule has 0 aliphatic rings. The highest BCUT2D eigenvalue weighted by atomic mass is 14.6. The predicted molar refractivity (Wildman–Crippen MR) is 52.3 cm³/mol. The van der Waals surface area contributed by atoms with Crippen LogP contribution in [0.4, 0.5) is 0 Å². The minimum absolute atomic E-state index is 0.790. The van der Waals surface area contributed by atoms with Crippen LogP contribution in [0.25, 0.3) is 0 Å². The van der Waals surface area contributed by atoms with Gasteiger partial charge in [-0.1, -0.05) is 33.6 Å². The molecule has 11 heavy (non-hydrogen) atoms. The van der Waals surface area contributed by atoms with E-state index < -0.39 is 0 Å². The van der Waals surface area contributed by atoms with Gasteiger partial charge in [0.15, 0.2) is 0 Å². The Kier molecular flexibility index (Phi) is 6.19. The molecule has 0 bridgehead atoms. The van der Waals surface area contributed by atoms with Crippen molar-refractivity contribution in [2.24, 2.45) is 16.8 Å². The molecule has 1 nitrogen and oxygen atoms in total. The van der Waals surface area contributed by atoms with E-state index in [4.69, 9.17) is 0 Å². The summed E-state index contributed by atoms with van der Waals surface area (Å²) in [7, 11) is 1.84. The Morgan fingerprint density at radius 3 is 2.36 bits per heavy atom. The van der Waals surface area contributed by atoms with Gasteiger partial charge in [-0.05, 0) is 24.5 Å². The minimum Gasteiger partial charge on any atom is -0.301 e. The third-order valence-electron chi connectivity index (χ3n) is 2.38.